The molecule has 2 aromatic carbocycles. The van der Waals surface area contributed by atoms with Gasteiger partial charge in [0, 0.05) is 42.9 Å². The largest absolute Gasteiger partial charge is 0.458 e. The van der Waals surface area contributed by atoms with Crippen LogP contribution in [0.25, 0.3) is 0 Å². The van der Waals surface area contributed by atoms with Gasteiger partial charge in [-0.05, 0) is 52.7 Å². The summed E-state index contributed by atoms with van der Waals surface area (Å²) in [5.74, 6) is -1.66. The van der Waals surface area contributed by atoms with Crippen LogP contribution in [0.5, 0.6) is 0 Å². The van der Waals surface area contributed by atoms with Crippen molar-refractivity contribution in [2.75, 3.05) is 26.2 Å². The Morgan fingerprint density at radius 1 is 0.956 bits per heavy atom. The number of amides is 1. The van der Waals surface area contributed by atoms with Crippen LogP contribution in [0, 0.1) is 26.1 Å². The second kappa shape index (κ2) is 15.2. The van der Waals surface area contributed by atoms with E-state index in [0.717, 1.165) is 0 Å². The van der Waals surface area contributed by atoms with Crippen LogP contribution in [0.1, 0.15) is 57.8 Å². The van der Waals surface area contributed by atoms with E-state index in [9.17, 15) is 34.6 Å². The molecule has 1 aliphatic rings. The second-order valence-electron chi connectivity index (χ2n) is 11.7. The minimum Gasteiger partial charge on any atom is -0.458 e. The van der Waals surface area contributed by atoms with Crippen molar-refractivity contribution < 1.29 is 38.4 Å². The fourth-order valence-corrected chi connectivity index (χ4v) is 4.63. The van der Waals surface area contributed by atoms with E-state index >= 15 is 0 Å². The number of nitro groups is 2. The van der Waals surface area contributed by atoms with Gasteiger partial charge in [-0.15, -0.1) is 0 Å². The van der Waals surface area contributed by atoms with E-state index in [4.69, 9.17) is 14.2 Å². The van der Waals surface area contributed by atoms with E-state index in [2.05, 4.69) is 11.9 Å². The SMILES string of the molecule is C=C(C)C(=O)OCC(CNC(C)(C)C)OC(=O)C1CCN(C(=O)OC(c2ccccc2[N+](=O)[O-])c2ccccc2[N+](=O)[O-])CC1. The highest BCUT2D eigenvalue weighted by Gasteiger charge is 2.36. The lowest BCUT2D eigenvalue weighted by Gasteiger charge is -2.32. The lowest BCUT2D eigenvalue weighted by Crippen LogP contribution is -2.46. The van der Waals surface area contributed by atoms with Crippen LogP contribution in [0.4, 0.5) is 16.2 Å². The van der Waals surface area contributed by atoms with Crippen LogP contribution in [-0.2, 0) is 23.8 Å². The molecule has 0 aliphatic carbocycles. The van der Waals surface area contributed by atoms with Crippen LogP contribution < -0.4 is 5.32 Å². The van der Waals surface area contributed by atoms with Gasteiger partial charge in [0.15, 0.2) is 6.10 Å². The maximum Gasteiger partial charge on any atom is 0.410 e. The molecule has 0 radical (unpaired) electrons. The van der Waals surface area contributed by atoms with Gasteiger partial charge in [0.05, 0.1) is 26.9 Å². The standard InChI is InChI=1S/C31H38N4O10/c1-20(2)28(36)43-19-22(18-32-31(3,4)5)44-29(37)21-14-16-33(17-15-21)30(38)45-27(23-10-6-8-12-25(23)34(39)40)24-11-7-9-13-26(24)35(41)42/h6-13,21-22,27,32H,1,14-19H2,2-5H3. The number of carbonyl (C=O) groups excluding carboxylic acids is 3. The third-order valence-electron chi connectivity index (χ3n) is 7.03. The number of benzene rings is 2. The van der Waals surface area contributed by atoms with Crippen molar-refractivity contribution >= 4 is 29.4 Å². The van der Waals surface area contributed by atoms with Gasteiger partial charge < -0.3 is 24.4 Å². The second-order valence-corrected chi connectivity index (χ2v) is 11.7. The Kier molecular flexibility index (Phi) is 11.7. The molecule has 0 spiro atoms. The number of carbonyl (C=O) groups is 3. The number of likely N-dealkylation sites (tertiary alicyclic amines) is 1. The fourth-order valence-electron chi connectivity index (χ4n) is 4.63. The minimum absolute atomic E-state index is 0.0223. The van der Waals surface area contributed by atoms with E-state index in [-0.39, 0.29) is 72.7 Å². The normalized spacial score (nSPS) is 14.4. The van der Waals surface area contributed by atoms with Crippen LogP contribution in [-0.4, -0.2) is 70.7 Å². The fraction of sp³-hybridized carbons (Fsp3) is 0.452. The highest BCUT2D eigenvalue weighted by Crippen LogP contribution is 2.37. The van der Waals surface area contributed by atoms with Gasteiger partial charge in [0.2, 0.25) is 0 Å². The summed E-state index contributed by atoms with van der Waals surface area (Å²) < 4.78 is 16.6. The summed E-state index contributed by atoms with van der Waals surface area (Å²) in [7, 11) is 0. The summed E-state index contributed by atoms with van der Waals surface area (Å²) in [4.78, 5) is 61.9. The summed E-state index contributed by atoms with van der Waals surface area (Å²) in [6.07, 6.45) is -2.57. The van der Waals surface area contributed by atoms with Gasteiger partial charge >= 0.3 is 18.0 Å². The topological polar surface area (TPSA) is 180 Å². The molecule has 1 aliphatic heterocycles. The first kappa shape index (κ1) is 34.6. The molecule has 45 heavy (non-hydrogen) atoms. The maximum absolute atomic E-state index is 13.3. The van der Waals surface area contributed by atoms with Gasteiger partial charge in [0.1, 0.15) is 12.7 Å². The summed E-state index contributed by atoms with van der Waals surface area (Å²) in [6.45, 7) is 11.2. The molecule has 1 heterocycles. The van der Waals surface area contributed by atoms with E-state index in [1.807, 2.05) is 20.8 Å². The van der Waals surface area contributed by atoms with E-state index < -0.39 is 46.0 Å². The van der Waals surface area contributed by atoms with E-state index in [1.165, 1.54) is 60.4 Å². The van der Waals surface area contributed by atoms with Gasteiger partial charge in [-0.25, -0.2) is 9.59 Å². The van der Waals surface area contributed by atoms with Crippen molar-refractivity contribution in [3.8, 4) is 0 Å². The van der Waals surface area contributed by atoms with Gasteiger partial charge in [0.25, 0.3) is 11.4 Å². The molecule has 1 unspecified atom stereocenters. The van der Waals surface area contributed by atoms with E-state index in [1.54, 1.807) is 0 Å². The molecule has 0 aromatic heterocycles. The van der Waals surface area contributed by atoms with Crippen LogP contribution in [0.15, 0.2) is 60.7 Å². The van der Waals surface area contributed by atoms with Crippen LogP contribution >= 0.6 is 0 Å². The smallest absolute Gasteiger partial charge is 0.410 e. The molecule has 14 heteroatoms. The van der Waals surface area contributed by atoms with Crippen LogP contribution in [0.2, 0.25) is 0 Å². The monoisotopic (exact) mass is 626 g/mol. The highest BCUT2D eigenvalue weighted by molar-refractivity contribution is 5.87. The molecule has 0 saturated carbocycles. The zero-order valence-electron chi connectivity index (χ0n) is 25.7. The Morgan fingerprint density at radius 2 is 1.47 bits per heavy atom. The number of rotatable bonds is 12. The van der Waals surface area contributed by atoms with Crippen molar-refractivity contribution in [3.05, 3.63) is 92.0 Å². The molecule has 1 fully saturated rings. The van der Waals surface area contributed by atoms with Gasteiger partial charge in [-0.2, -0.15) is 0 Å². The van der Waals surface area contributed by atoms with Gasteiger partial charge in [-0.3, -0.25) is 25.0 Å². The number of nitro benzene ring substituents is 2. The number of esters is 2. The quantitative estimate of drug-likeness (QED) is 0.112. The highest BCUT2D eigenvalue weighted by atomic mass is 16.6. The molecule has 1 N–H and O–H groups in total. The number of ether oxygens (including phenoxy) is 3. The van der Waals surface area contributed by atoms with Gasteiger partial charge in [-0.1, -0.05) is 30.8 Å². The lowest BCUT2D eigenvalue weighted by molar-refractivity contribution is -0.387. The molecule has 242 valence electrons. The van der Waals surface area contributed by atoms with Crippen molar-refractivity contribution in [2.24, 2.45) is 5.92 Å². The first-order valence-corrected chi connectivity index (χ1v) is 14.4. The number of nitrogens with zero attached hydrogens (tertiary/aromatic N) is 3. The summed E-state index contributed by atoms with van der Waals surface area (Å²) in [5.41, 5.74) is -0.836. The van der Waals surface area contributed by atoms with Crippen molar-refractivity contribution in [1.29, 1.82) is 0 Å². The molecule has 3 rings (SSSR count). The summed E-state index contributed by atoms with van der Waals surface area (Å²) in [6, 6.07) is 11.1. The zero-order chi connectivity index (χ0) is 33.3. The average Bonchev–Trinajstić information content (AvgIpc) is 3.00. The number of hydrogen-bond acceptors (Lipinski definition) is 11. The van der Waals surface area contributed by atoms with E-state index in [0.29, 0.717) is 0 Å². The number of hydrogen-bond donors (Lipinski definition) is 1. The first-order chi connectivity index (χ1) is 21.2. The third kappa shape index (κ3) is 9.83. The Balaban J connectivity index is 1.72. The van der Waals surface area contributed by atoms with Crippen molar-refractivity contribution in [1.82, 2.24) is 10.2 Å². The Hall–Kier alpha value is -4.85. The number of piperidine rings is 1. The lowest BCUT2D eigenvalue weighted by atomic mass is 9.97. The number of para-hydroxylation sites is 2. The molecule has 1 saturated heterocycles. The molecule has 1 amide bonds. The molecule has 0 bridgehead atoms. The maximum atomic E-state index is 13.3. The Labute approximate surface area is 260 Å². The Bertz CT molecular complexity index is 1370. The molecule has 14 nitrogen and oxygen atoms in total. The molecule has 1 atom stereocenters. The molecule has 2 aromatic rings. The predicted molar refractivity (Wildman–Crippen MR) is 162 cm³/mol. The summed E-state index contributed by atoms with van der Waals surface area (Å²) in [5, 5.41) is 26.8. The first-order valence-electron chi connectivity index (χ1n) is 14.4. The molecular formula is C31H38N4O10. The third-order valence-corrected chi connectivity index (χ3v) is 7.03. The number of nitrogens with one attached hydrogen (secondary N) is 1. The average molecular weight is 627 g/mol. The minimum atomic E-state index is -1.44. The predicted octanol–water partition coefficient (Wildman–Crippen LogP) is 4.86. The van der Waals surface area contributed by atoms with Crippen molar-refractivity contribution in [3.63, 3.8) is 0 Å². The molecular weight excluding hydrogens is 588 g/mol. The summed E-state index contributed by atoms with van der Waals surface area (Å²) >= 11 is 0. The Morgan fingerprint density at radius 3 is 1.93 bits per heavy atom. The zero-order valence-corrected chi connectivity index (χ0v) is 25.7. The van der Waals surface area contributed by atoms with Crippen molar-refractivity contribution in [2.45, 2.75) is 58.3 Å². The van der Waals surface area contributed by atoms with Crippen LogP contribution in [0.3, 0.4) is 0 Å².